The first kappa shape index (κ1) is 11.9. The van der Waals surface area contributed by atoms with E-state index in [4.69, 9.17) is 0 Å². The van der Waals surface area contributed by atoms with Crippen molar-refractivity contribution in [3.05, 3.63) is 34.2 Å². The number of hydrogen-bond donors (Lipinski definition) is 2. The van der Waals surface area contributed by atoms with Crippen LogP contribution in [0.5, 0.6) is 0 Å². The summed E-state index contributed by atoms with van der Waals surface area (Å²) in [6, 6.07) is 1.37. The zero-order chi connectivity index (χ0) is 12.3. The lowest BCUT2D eigenvalue weighted by molar-refractivity contribution is 0.0849. The molecule has 0 aliphatic heterocycles. The van der Waals surface area contributed by atoms with E-state index in [1.54, 1.807) is 0 Å². The Kier molecular flexibility index (Phi) is 3.31. The first-order chi connectivity index (χ1) is 8.17. The summed E-state index contributed by atoms with van der Waals surface area (Å²) in [6.07, 6.45) is 7.66. The second kappa shape index (κ2) is 4.73. The van der Waals surface area contributed by atoms with Gasteiger partial charge in [-0.1, -0.05) is 13.3 Å². The fourth-order valence-corrected chi connectivity index (χ4v) is 2.29. The van der Waals surface area contributed by atoms with Gasteiger partial charge in [-0.2, -0.15) is 0 Å². The van der Waals surface area contributed by atoms with Gasteiger partial charge in [0.15, 0.2) is 5.43 Å². The third kappa shape index (κ3) is 2.40. The molecule has 1 aliphatic carbocycles. The number of aromatic amines is 1. The molecule has 0 unspecified atom stereocenters. The lowest BCUT2D eigenvalue weighted by Crippen LogP contribution is -2.42. The van der Waals surface area contributed by atoms with Crippen LogP contribution in [0, 0.1) is 5.41 Å². The van der Waals surface area contributed by atoms with Gasteiger partial charge in [-0.3, -0.25) is 9.59 Å². The van der Waals surface area contributed by atoms with Gasteiger partial charge >= 0.3 is 0 Å². The number of aromatic nitrogens is 1. The van der Waals surface area contributed by atoms with Gasteiger partial charge in [0.05, 0.1) is 0 Å². The average Bonchev–Trinajstić information content (AvgIpc) is 2.28. The highest BCUT2D eigenvalue weighted by atomic mass is 16.2. The second-order valence-corrected chi connectivity index (χ2v) is 4.81. The quantitative estimate of drug-likeness (QED) is 0.832. The topological polar surface area (TPSA) is 62.0 Å². The Morgan fingerprint density at radius 1 is 1.53 bits per heavy atom. The number of H-pyrrole nitrogens is 1. The van der Waals surface area contributed by atoms with Crippen LogP contribution in [-0.4, -0.2) is 17.4 Å². The zero-order valence-corrected chi connectivity index (χ0v) is 10.1. The molecule has 0 bridgehead atoms. The largest absolute Gasteiger partial charge is 0.367 e. The number of carbonyl (C=O) groups is 1. The third-order valence-electron chi connectivity index (χ3n) is 3.86. The van der Waals surface area contributed by atoms with Crippen molar-refractivity contribution in [3.8, 4) is 0 Å². The minimum Gasteiger partial charge on any atom is -0.367 e. The van der Waals surface area contributed by atoms with Crippen molar-refractivity contribution in [2.75, 3.05) is 6.54 Å². The van der Waals surface area contributed by atoms with Crippen LogP contribution in [0.1, 0.15) is 43.0 Å². The number of amides is 1. The van der Waals surface area contributed by atoms with Crippen LogP contribution in [0.2, 0.25) is 0 Å². The van der Waals surface area contributed by atoms with Crippen LogP contribution in [0.15, 0.2) is 23.3 Å². The molecule has 1 saturated carbocycles. The molecule has 1 heterocycles. The molecule has 4 heteroatoms. The molecule has 1 amide bonds. The molecule has 4 nitrogen and oxygen atoms in total. The number of hydrogen-bond acceptors (Lipinski definition) is 2. The highest BCUT2D eigenvalue weighted by molar-refractivity contribution is 5.93. The van der Waals surface area contributed by atoms with Gasteiger partial charge in [0, 0.05) is 25.0 Å². The maximum atomic E-state index is 11.8. The first-order valence-corrected chi connectivity index (χ1v) is 6.12. The van der Waals surface area contributed by atoms with E-state index in [0.29, 0.717) is 6.54 Å². The van der Waals surface area contributed by atoms with E-state index >= 15 is 0 Å². The molecule has 1 aliphatic rings. The molecule has 0 spiro atoms. The maximum absolute atomic E-state index is 11.8. The number of carbonyl (C=O) groups excluding carboxylic acids is 1. The molecule has 1 aromatic heterocycles. The highest BCUT2D eigenvalue weighted by Gasteiger charge is 2.35. The Hall–Kier alpha value is -1.58. The molecule has 0 aromatic carbocycles. The Morgan fingerprint density at radius 2 is 2.29 bits per heavy atom. The predicted molar refractivity (Wildman–Crippen MR) is 66.0 cm³/mol. The van der Waals surface area contributed by atoms with Crippen molar-refractivity contribution in [2.24, 2.45) is 5.41 Å². The van der Waals surface area contributed by atoms with Crippen LogP contribution in [-0.2, 0) is 0 Å². The minimum absolute atomic E-state index is 0.193. The van der Waals surface area contributed by atoms with Gasteiger partial charge in [0.25, 0.3) is 5.91 Å². The van der Waals surface area contributed by atoms with E-state index in [-0.39, 0.29) is 22.3 Å². The lowest BCUT2D eigenvalue weighted by atomic mass is 9.67. The fraction of sp³-hybridized carbons (Fsp3) is 0.538. The van der Waals surface area contributed by atoms with E-state index in [1.165, 1.54) is 37.7 Å². The molecule has 0 radical (unpaired) electrons. The summed E-state index contributed by atoms with van der Waals surface area (Å²) < 4.78 is 0. The van der Waals surface area contributed by atoms with Gasteiger partial charge in [0.2, 0.25) is 0 Å². The summed E-state index contributed by atoms with van der Waals surface area (Å²) in [7, 11) is 0. The Morgan fingerprint density at radius 3 is 2.82 bits per heavy atom. The van der Waals surface area contributed by atoms with Crippen LogP contribution in [0.4, 0.5) is 0 Å². The van der Waals surface area contributed by atoms with Crippen LogP contribution >= 0.6 is 0 Å². The summed E-state index contributed by atoms with van der Waals surface area (Å²) in [5.41, 5.74) is 0.232. The van der Waals surface area contributed by atoms with Crippen LogP contribution < -0.4 is 10.7 Å². The molecular formula is C13H18N2O2. The molecule has 1 aromatic rings. The SMILES string of the molecule is CCC1(CNC(=O)c2c[nH]ccc2=O)CCC1. The van der Waals surface area contributed by atoms with Gasteiger partial charge in [-0.15, -0.1) is 0 Å². The molecular weight excluding hydrogens is 216 g/mol. The normalized spacial score (nSPS) is 17.2. The second-order valence-electron chi connectivity index (χ2n) is 4.81. The van der Waals surface area contributed by atoms with E-state index in [9.17, 15) is 9.59 Å². The maximum Gasteiger partial charge on any atom is 0.256 e. The number of pyridine rings is 1. The monoisotopic (exact) mass is 234 g/mol. The van der Waals surface area contributed by atoms with Crippen molar-refractivity contribution in [1.29, 1.82) is 0 Å². The van der Waals surface area contributed by atoms with E-state index in [1.807, 2.05) is 0 Å². The van der Waals surface area contributed by atoms with Crippen molar-refractivity contribution in [1.82, 2.24) is 10.3 Å². The molecule has 17 heavy (non-hydrogen) atoms. The zero-order valence-electron chi connectivity index (χ0n) is 10.1. The molecule has 0 saturated heterocycles. The molecule has 2 rings (SSSR count). The van der Waals surface area contributed by atoms with Gasteiger partial charge < -0.3 is 10.3 Å². The van der Waals surface area contributed by atoms with Crippen molar-refractivity contribution in [3.63, 3.8) is 0 Å². The Bertz CT molecular complexity index is 455. The summed E-state index contributed by atoms with van der Waals surface area (Å²) in [6.45, 7) is 2.83. The molecule has 2 N–H and O–H groups in total. The van der Waals surface area contributed by atoms with Crippen molar-refractivity contribution < 1.29 is 4.79 Å². The van der Waals surface area contributed by atoms with Crippen LogP contribution in [0.3, 0.4) is 0 Å². The smallest absolute Gasteiger partial charge is 0.256 e. The molecule has 0 atom stereocenters. The molecule has 92 valence electrons. The number of rotatable bonds is 4. The summed E-state index contributed by atoms with van der Waals surface area (Å²) in [5.74, 6) is -0.272. The fourth-order valence-electron chi connectivity index (χ4n) is 2.29. The average molecular weight is 234 g/mol. The summed E-state index contributed by atoms with van der Waals surface area (Å²) in [4.78, 5) is 26.1. The molecule has 1 fully saturated rings. The minimum atomic E-state index is -0.272. The lowest BCUT2D eigenvalue weighted by Gasteiger charge is -2.41. The van der Waals surface area contributed by atoms with Gasteiger partial charge in [0.1, 0.15) is 5.56 Å². The predicted octanol–water partition coefficient (Wildman–Crippen LogP) is 1.69. The standard InChI is InChI=1S/C13H18N2O2/c1-2-13(5-3-6-13)9-15-12(17)10-8-14-7-4-11(10)16/h4,7-8H,2-3,5-6,9H2,1H3,(H,14,16)(H,15,17). The number of nitrogens with one attached hydrogen (secondary N) is 2. The van der Waals surface area contributed by atoms with Gasteiger partial charge in [-0.25, -0.2) is 0 Å². The summed E-state index contributed by atoms with van der Waals surface area (Å²) >= 11 is 0. The van der Waals surface area contributed by atoms with E-state index < -0.39 is 0 Å². The Balaban J connectivity index is 1.98. The summed E-state index contributed by atoms with van der Waals surface area (Å²) in [5, 5.41) is 2.87. The van der Waals surface area contributed by atoms with E-state index in [0.717, 1.165) is 6.42 Å². The highest BCUT2D eigenvalue weighted by Crippen LogP contribution is 2.42. The first-order valence-electron chi connectivity index (χ1n) is 6.12. The van der Waals surface area contributed by atoms with Crippen LogP contribution in [0.25, 0.3) is 0 Å². The van der Waals surface area contributed by atoms with E-state index in [2.05, 4.69) is 17.2 Å². The third-order valence-corrected chi connectivity index (χ3v) is 3.86. The Labute approximate surface area is 100 Å². The van der Waals surface area contributed by atoms with Crippen molar-refractivity contribution >= 4 is 5.91 Å². The van der Waals surface area contributed by atoms with Crippen molar-refractivity contribution in [2.45, 2.75) is 32.6 Å². The van der Waals surface area contributed by atoms with Gasteiger partial charge in [-0.05, 0) is 24.7 Å².